The highest BCUT2D eigenvalue weighted by Gasteiger charge is 2.47. The van der Waals surface area contributed by atoms with Crippen molar-refractivity contribution in [3.05, 3.63) is 47.5 Å². The van der Waals surface area contributed by atoms with Crippen LogP contribution in [0.5, 0.6) is 0 Å². The highest BCUT2D eigenvalue weighted by Crippen LogP contribution is 2.38. The van der Waals surface area contributed by atoms with Crippen LogP contribution in [0.15, 0.2) is 46.6 Å². The molecule has 1 unspecified atom stereocenters. The minimum atomic E-state index is -1.15. The van der Waals surface area contributed by atoms with Gasteiger partial charge in [-0.3, -0.25) is 0 Å². The van der Waals surface area contributed by atoms with Gasteiger partial charge in [-0.15, -0.1) is 0 Å². The van der Waals surface area contributed by atoms with E-state index in [1.165, 1.54) is 7.11 Å². The molecule has 0 aliphatic carbocycles. The van der Waals surface area contributed by atoms with Crippen LogP contribution in [0.4, 0.5) is 0 Å². The lowest BCUT2D eigenvalue weighted by Gasteiger charge is -2.23. The molecule has 1 atom stereocenters. The van der Waals surface area contributed by atoms with Crippen LogP contribution >= 0.6 is 0 Å². The Morgan fingerprint density at radius 2 is 2.06 bits per heavy atom. The van der Waals surface area contributed by atoms with Crippen molar-refractivity contribution in [3.8, 4) is 0 Å². The van der Waals surface area contributed by atoms with Gasteiger partial charge in [0.05, 0.1) is 13.7 Å². The quantitative estimate of drug-likeness (QED) is 0.578. The zero-order valence-electron chi connectivity index (χ0n) is 9.93. The molecule has 2 rings (SSSR count). The van der Waals surface area contributed by atoms with E-state index in [9.17, 15) is 4.79 Å². The molecule has 0 saturated heterocycles. The third kappa shape index (κ3) is 1.65. The van der Waals surface area contributed by atoms with Gasteiger partial charge in [-0.05, 0) is 18.1 Å². The summed E-state index contributed by atoms with van der Waals surface area (Å²) in [4.78, 5) is 12.0. The number of carbonyl (C=O) groups is 1. The summed E-state index contributed by atoms with van der Waals surface area (Å²) in [6.45, 7) is 6.24. The number of azo groups is 1. The van der Waals surface area contributed by atoms with Crippen LogP contribution in [0.25, 0.3) is 0 Å². The molecule has 4 nitrogen and oxygen atoms in total. The summed E-state index contributed by atoms with van der Waals surface area (Å²) in [5.41, 5.74) is 1.37. The van der Waals surface area contributed by atoms with E-state index in [0.29, 0.717) is 12.1 Å². The molecule has 0 bridgehead atoms. The number of hydrogen-bond donors (Lipinski definition) is 0. The first-order chi connectivity index (χ1) is 8.11. The number of esters is 1. The Hall–Kier alpha value is -1.97. The molecule has 0 amide bonds. The van der Waals surface area contributed by atoms with E-state index in [1.807, 2.05) is 31.2 Å². The van der Waals surface area contributed by atoms with Gasteiger partial charge < -0.3 is 4.74 Å². The zero-order valence-corrected chi connectivity index (χ0v) is 9.93. The maximum Gasteiger partial charge on any atom is 0.344 e. The molecule has 88 valence electrons. The van der Waals surface area contributed by atoms with E-state index in [4.69, 9.17) is 4.74 Å². The number of rotatable bonds is 2. The Morgan fingerprint density at radius 1 is 1.41 bits per heavy atom. The Balaban J connectivity index is 2.55. The molecular weight excluding hydrogens is 216 g/mol. The van der Waals surface area contributed by atoms with Crippen LogP contribution in [0, 0.1) is 6.92 Å². The van der Waals surface area contributed by atoms with Crippen molar-refractivity contribution in [3.63, 3.8) is 0 Å². The lowest BCUT2D eigenvalue weighted by Crippen LogP contribution is -2.35. The number of aryl methyl sites for hydroxylation is 1. The molecule has 0 N–H and O–H groups in total. The third-order valence-corrected chi connectivity index (χ3v) is 2.94. The number of carbonyl (C=O) groups excluding carboxylic acids is 1. The smallest absolute Gasteiger partial charge is 0.344 e. The molecule has 1 aromatic carbocycles. The molecule has 0 fully saturated rings. The van der Waals surface area contributed by atoms with Crippen molar-refractivity contribution in [1.82, 2.24) is 0 Å². The SMILES string of the molecule is C=C1CN=NC1(C(=O)OC)c1ccc(C)cc1. The van der Waals surface area contributed by atoms with E-state index in [2.05, 4.69) is 16.8 Å². The van der Waals surface area contributed by atoms with Gasteiger partial charge in [0.15, 0.2) is 0 Å². The van der Waals surface area contributed by atoms with E-state index < -0.39 is 11.5 Å². The number of ether oxygens (including phenoxy) is 1. The van der Waals surface area contributed by atoms with Gasteiger partial charge >= 0.3 is 5.97 Å². The minimum Gasteiger partial charge on any atom is -0.467 e. The molecular formula is C13H14N2O2. The van der Waals surface area contributed by atoms with Gasteiger partial charge in [-0.1, -0.05) is 36.4 Å². The maximum atomic E-state index is 12.0. The molecule has 0 saturated carbocycles. The van der Waals surface area contributed by atoms with Gasteiger partial charge in [0.1, 0.15) is 0 Å². The summed E-state index contributed by atoms with van der Waals surface area (Å²) in [7, 11) is 1.35. The fourth-order valence-corrected chi connectivity index (χ4v) is 1.92. The first-order valence-corrected chi connectivity index (χ1v) is 5.33. The Bertz CT molecular complexity index is 491. The van der Waals surface area contributed by atoms with Crippen molar-refractivity contribution in [2.24, 2.45) is 10.2 Å². The van der Waals surface area contributed by atoms with Gasteiger partial charge in [-0.2, -0.15) is 10.2 Å². The number of nitrogens with zero attached hydrogens (tertiary/aromatic N) is 2. The van der Waals surface area contributed by atoms with Gasteiger partial charge in [0, 0.05) is 0 Å². The second-order valence-corrected chi connectivity index (χ2v) is 4.07. The number of hydrogen-bond acceptors (Lipinski definition) is 4. The summed E-state index contributed by atoms with van der Waals surface area (Å²) in [5, 5.41) is 7.98. The van der Waals surface area contributed by atoms with Crippen LogP contribution in [0.3, 0.4) is 0 Å². The van der Waals surface area contributed by atoms with Crippen LogP contribution < -0.4 is 0 Å². The maximum absolute atomic E-state index is 12.0. The zero-order chi connectivity index (χ0) is 12.5. The number of benzene rings is 1. The lowest BCUT2D eigenvalue weighted by atomic mass is 9.84. The van der Waals surface area contributed by atoms with E-state index >= 15 is 0 Å². The highest BCUT2D eigenvalue weighted by atomic mass is 16.5. The molecule has 1 aliphatic rings. The van der Waals surface area contributed by atoms with Crippen LogP contribution in [0.1, 0.15) is 11.1 Å². The average Bonchev–Trinajstić information content (AvgIpc) is 2.72. The second kappa shape index (κ2) is 4.13. The van der Waals surface area contributed by atoms with E-state index in [1.54, 1.807) is 0 Å². The second-order valence-electron chi connectivity index (χ2n) is 4.07. The highest BCUT2D eigenvalue weighted by molar-refractivity contribution is 5.87. The van der Waals surface area contributed by atoms with Crippen molar-refractivity contribution in [2.75, 3.05) is 13.7 Å². The molecule has 1 aliphatic heterocycles. The van der Waals surface area contributed by atoms with Crippen molar-refractivity contribution < 1.29 is 9.53 Å². The van der Waals surface area contributed by atoms with E-state index in [0.717, 1.165) is 11.1 Å². The Kier molecular flexibility index (Phi) is 2.79. The van der Waals surface area contributed by atoms with Crippen LogP contribution in [-0.4, -0.2) is 19.6 Å². The standard InChI is InChI=1S/C13H14N2O2/c1-9-4-6-11(7-5-9)13(12(16)17-3)10(2)8-14-15-13/h4-7H,2,8H2,1,3H3. The fraction of sp³-hybridized carbons (Fsp3) is 0.308. The molecule has 0 aromatic heterocycles. The van der Waals surface area contributed by atoms with Crippen molar-refractivity contribution in [1.29, 1.82) is 0 Å². The van der Waals surface area contributed by atoms with Gasteiger partial charge in [-0.25, -0.2) is 4.79 Å². The predicted octanol–water partition coefficient (Wildman–Crippen LogP) is 2.39. The van der Waals surface area contributed by atoms with Crippen molar-refractivity contribution >= 4 is 5.97 Å². The Labute approximate surface area is 100 Å². The first kappa shape index (κ1) is 11.5. The van der Waals surface area contributed by atoms with Crippen molar-refractivity contribution in [2.45, 2.75) is 12.5 Å². The van der Waals surface area contributed by atoms with Crippen LogP contribution in [0.2, 0.25) is 0 Å². The minimum absolute atomic E-state index is 0.364. The fourth-order valence-electron chi connectivity index (χ4n) is 1.92. The van der Waals surface area contributed by atoms with Crippen LogP contribution in [-0.2, 0) is 15.1 Å². The van der Waals surface area contributed by atoms with Gasteiger partial charge in [0.25, 0.3) is 0 Å². The molecule has 1 aromatic rings. The number of methoxy groups -OCH3 is 1. The topological polar surface area (TPSA) is 51.0 Å². The Morgan fingerprint density at radius 3 is 2.53 bits per heavy atom. The predicted molar refractivity (Wildman–Crippen MR) is 63.7 cm³/mol. The average molecular weight is 230 g/mol. The summed E-state index contributed by atoms with van der Waals surface area (Å²) < 4.78 is 4.84. The molecule has 0 radical (unpaired) electrons. The molecule has 4 heteroatoms. The monoisotopic (exact) mass is 230 g/mol. The molecule has 17 heavy (non-hydrogen) atoms. The summed E-state index contributed by atoms with van der Waals surface area (Å²) in [6, 6.07) is 7.59. The summed E-state index contributed by atoms with van der Waals surface area (Å²) in [6.07, 6.45) is 0. The summed E-state index contributed by atoms with van der Waals surface area (Å²) >= 11 is 0. The van der Waals surface area contributed by atoms with E-state index in [-0.39, 0.29) is 0 Å². The molecule has 0 spiro atoms. The summed E-state index contributed by atoms with van der Waals surface area (Å²) in [5.74, 6) is -0.437. The largest absolute Gasteiger partial charge is 0.467 e. The normalized spacial score (nSPS) is 22.8. The first-order valence-electron chi connectivity index (χ1n) is 5.33. The third-order valence-electron chi connectivity index (χ3n) is 2.94. The van der Waals surface area contributed by atoms with Gasteiger partial charge in [0.2, 0.25) is 5.54 Å². The lowest BCUT2D eigenvalue weighted by molar-refractivity contribution is -0.145. The molecule has 1 heterocycles.